The number of carbonyl (C=O) groups is 2. The number of esters is 2. The van der Waals surface area contributed by atoms with Crippen LogP contribution in [0.1, 0.15) is 21.5 Å². The fraction of sp³-hybridized carbons (Fsp3) is 0.158. The van der Waals surface area contributed by atoms with Gasteiger partial charge < -0.3 is 18.9 Å². The predicted octanol–water partition coefficient (Wildman–Crippen LogP) is 2.87. The molecule has 144 valence electrons. The smallest absolute Gasteiger partial charge is 0.337 e. The van der Waals surface area contributed by atoms with Crippen molar-refractivity contribution < 1.29 is 33.5 Å². The van der Waals surface area contributed by atoms with Crippen LogP contribution in [0.15, 0.2) is 42.5 Å². The van der Waals surface area contributed by atoms with E-state index in [2.05, 4.69) is 4.74 Å². The zero-order valence-corrected chi connectivity index (χ0v) is 14.7. The molecule has 9 heteroatoms. The highest BCUT2D eigenvalue weighted by atomic mass is 16.7. The number of nitrogens with zero attached hydrogens (tertiary/aromatic N) is 1. The minimum atomic E-state index is -0.696. The molecule has 0 aliphatic carbocycles. The Balaban J connectivity index is 1.76. The van der Waals surface area contributed by atoms with Crippen LogP contribution in [-0.4, -0.2) is 30.8 Å². The Morgan fingerprint density at radius 3 is 2.64 bits per heavy atom. The highest BCUT2D eigenvalue weighted by Gasteiger charge is 2.20. The molecule has 2 aromatic carbocycles. The number of nitro groups is 1. The monoisotopic (exact) mass is 385 g/mol. The third-order valence-electron chi connectivity index (χ3n) is 3.83. The van der Waals surface area contributed by atoms with E-state index in [1.54, 1.807) is 0 Å². The first-order chi connectivity index (χ1) is 13.5. The Labute approximate surface area is 159 Å². The summed E-state index contributed by atoms with van der Waals surface area (Å²) in [5.41, 5.74) is 1.07. The summed E-state index contributed by atoms with van der Waals surface area (Å²) in [5.74, 6) is -0.549. The molecule has 2 aromatic rings. The maximum Gasteiger partial charge on any atom is 0.337 e. The number of non-ortho nitro benzene ring substituents is 1. The van der Waals surface area contributed by atoms with Crippen LogP contribution in [0.2, 0.25) is 0 Å². The summed E-state index contributed by atoms with van der Waals surface area (Å²) in [5, 5.41) is 11.1. The summed E-state index contributed by atoms with van der Waals surface area (Å²) < 4.78 is 20.3. The van der Waals surface area contributed by atoms with Crippen molar-refractivity contribution in [3.05, 3.63) is 69.3 Å². The minimum absolute atomic E-state index is 0.0165. The number of nitro benzene ring substituents is 1. The summed E-state index contributed by atoms with van der Waals surface area (Å²) in [6.07, 6.45) is 2.51. The van der Waals surface area contributed by atoms with Crippen LogP contribution in [0.4, 0.5) is 5.69 Å². The lowest BCUT2D eigenvalue weighted by Gasteiger charge is -2.19. The topological polar surface area (TPSA) is 114 Å². The highest BCUT2D eigenvalue weighted by molar-refractivity contribution is 5.91. The fourth-order valence-electron chi connectivity index (χ4n) is 2.55. The number of hydrogen-bond acceptors (Lipinski definition) is 8. The van der Waals surface area contributed by atoms with Crippen LogP contribution in [0, 0.1) is 10.1 Å². The lowest BCUT2D eigenvalue weighted by Crippen LogP contribution is -2.13. The number of rotatable bonds is 5. The lowest BCUT2D eigenvalue weighted by atomic mass is 10.1. The summed E-state index contributed by atoms with van der Waals surface area (Å²) >= 11 is 0. The van der Waals surface area contributed by atoms with E-state index in [0.717, 1.165) is 6.08 Å². The number of ether oxygens (including phenoxy) is 4. The molecule has 3 rings (SSSR count). The van der Waals surface area contributed by atoms with Gasteiger partial charge in [0.25, 0.3) is 5.69 Å². The van der Waals surface area contributed by atoms with Gasteiger partial charge in [0.05, 0.1) is 24.2 Å². The number of benzene rings is 2. The van der Waals surface area contributed by atoms with Gasteiger partial charge in [0.1, 0.15) is 11.5 Å². The molecular weight excluding hydrogens is 370 g/mol. The van der Waals surface area contributed by atoms with Crippen molar-refractivity contribution in [3.63, 3.8) is 0 Å². The van der Waals surface area contributed by atoms with Crippen molar-refractivity contribution in [2.75, 3.05) is 13.9 Å². The highest BCUT2D eigenvalue weighted by Crippen LogP contribution is 2.33. The molecule has 0 amide bonds. The Bertz CT molecular complexity index is 949. The third kappa shape index (κ3) is 4.33. The lowest BCUT2D eigenvalue weighted by molar-refractivity contribution is -0.385. The first-order valence-electron chi connectivity index (χ1n) is 8.08. The molecule has 1 aliphatic rings. The molecule has 1 heterocycles. The van der Waals surface area contributed by atoms with Gasteiger partial charge in [0.2, 0.25) is 0 Å². The number of methoxy groups -OCH3 is 1. The van der Waals surface area contributed by atoms with Gasteiger partial charge >= 0.3 is 11.9 Å². The average Bonchev–Trinajstić information content (AvgIpc) is 2.71. The van der Waals surface area contributed by atoms with E-state index in [-0.39, 0.29) is 24.8 Å². The third-order valence-corrected chi connectivity index (χ3v) is 3.83. The van der Waals surface area contributed by atoms with E-state index in [0.29, 0.717) is 22.4 Å². The molecule has 9 nitrogen and oxygen atoms in total. The molecule has 0 saturated carbocycles. The second-order valence-corrected chi connectivity index (χ2v) is 5.66. The van der Waals surface area contributed by atoms with Crippen molar-refractivity contribution in [1.29, 1.82) is 0 Å². The van der Waals surface area contributed by atoms with Crippen LogP contribution < -0.4 is 9.47 Å². The van der Waals surface area contributed by atoms with E-state index in [9.17, 15) is 19.7 Å². The van der Waals surface area contributed by atoms with E-state index >= 15 is 0 Å². The van der Waals surface area contributed by atoms with Gasteiger partial charge in [-0.1, -0.05) is 0 Å². The molecule has 0 unspecified atom stereocenters. The quantitative estimate of drug-likeness (QED) is 0.254. The average molecular weight is 385 g/mol. The number of carbonyl (C=O) groups excluding carboxylic acids is 2. The molecule has 1 aliphatic heterocycles. The SMILES string of the molecule is COC(=O)c1ccc(OC(=O)/C=C/c2cc([N+](=O)[O-])cc3c2OCOC3)cc1. The number of hydrogen-bond donors (Lipinski definition) is 0. The zero-order valence-electron chi connectivity index (χ0n) is 14.7. The summed E-state index contributed by atoms with van der Waals surface area (Å²) in [6.45, 7) is 0.192. The first kappa shape index (κ1) is 19.1. The summed E-state index contributed by atoms with van der Waals surface area (Å²) in [7, 11) is 1.27. The second-order valence-electron chi connectivity index (χ2n) is 5.66. The molecule has 0 fully saturated rings. The molecule has 28 heavy (non-hydrogen) atoms. The van der Waals surface area contributed by atoms with Gasteiger partial charge in [-0.25, -0.2) is 9.59 Å². The molecule has 0 saturated heterocycles. The van der Waals surface area contributed by atoms with Gasteiger partial charge in [0.15, 0.2) is 6.79 Å². The molecule has 0 aromatic heterocycles. The molecule has 0 N–H and O–H groups in total. The molecular formula is C19H15NO8. The van der Waals surface area contributed by atoms with Gasteiger partial charge in [-0.2, -0.15) is 0 Å². The van der Waals surface area contributed by atoms with E-state index in [1.165, 1.54) is 49.6 Å². The Morgan fingerprint density at radius 2 is 1.96 bits per heavy atom. The van der Waals surface area contributed by atoms with E-state index in [1.807, 2.05) is 0 Å². The zero-order chi connectivity index (χ0) is 20.1. The maximum absolute atomic E-state index is 12.0. The van der Waals surface area contributed by atoms with Crippen molar-refractivity contribution >= 4 is 23.7 Å². The van der Waals surface area contributed by atoms with Gasteiger partial charge in [-0.05, 0) is 30.3 Å². The Kier molecular flexibility index (Phi) is 5.66. The van der Waals surface area contributed by atoms with Crippen molar-refractivity contribution in [3.8, 4) is 11.5 Å². The van der Waals surface area contributed by atoms with Gasteiger partial charge in [-0.3, -0.25) is 10.1 Å². The normalized spacial score (nSPS) is 12.8. The van der Waals surface area contributed by atoms with Crippen LogP contribution in [0.3, 0.4) is 0 Å². The van der Waals surface area contributed by atoms with Crippen molar-refractivity contribution in [2.45, 2.75) is 6.61 Å². The van der Waals surface area contributed by atoms with Crippen LogP contribution in [-0.2, 0) is 20.9 Å². The number of fused-ring (bicyclic) bond motifs is 1. The molecule has 0 bridgehead atoms. The largest absolute Gasteiger partial charge is 0.467 e. The van der Waals surface area contributed by atoms with Gasteiger partial charge in [0, 0.05) is 29.3 Å². The fourth-order valence-corrected chi connectivity index (χ4v) is 2.55. The molecule has 0 atom stereocenters. The van der Waals surface area contributed by atoms with Crippen molar-refractivity contribution in [2.24, 2.45) is 0 Å². The van der Waals surface area contributed by atoms with Crippen LogP contribution in [0.5, 0.6) is 11.5 Å². The van der Waals surface area contributed by atoms with Crippen LogP contribution in [0.25, 0.3) is 6.08 Å². The first-order valence-corrected chi connectivity index (χ1v) is 8.08. The minimum Gasteiger partial charge on any atom is -0.467 e. The maximum atomic E-state index is 12.0. The van der Waals surface area contributed by atoms with Gasteiger partial charge in [-0.15, -0.1) is 0 Å². The van der Waals surface area contributed by atoms with E-state index in [4.69, 9.17) is 14.2 Å². The van der Waals surface area contributed by atoms with Crippen molar-refractivity contribution in [1.82, 2.24) is 0 Å². The second kappa shape index (κ2) is 8.31. The predicted molar refractivity (Wildman–Crippen MR) is 95.8 cm³/mol. The van der Waals surface area contributed by atoms with Crippen LogP contribution >= 0.6 is 0 Å². The summed E-state index contributed by atoms with van der Waals surface area (Å²) in [4.78, 5) is 34.0. The summed E-state index contributed by atoms with van der Waals surface area (Å²) in [6, 6.07) is 8.50. The Morgan fingerprint density at radius 1 is 1.21 bits per heavy atom. The van der Waals surface area contributed by atoms with E-state index < -0.39 is 16.9 Å². The Hall–Kier alpha value is -3.72. The molecule has 0 spiro atoms. The standard InChI is InChI=1S/C19H15NO8/c1-25-19(22)12-2-5-16(6-3-12)28-17(21)7-4-13-8-15(20(23)24)9-14-10-26-11-27-18(13)14/h2-9H,10-11H2,1H3/b7-4+. The molecule has 0 radical (unpaired) electrons.